The Hall–Kier alpha value is -2.15. The number of hydrogen-bond donors (Lipinski definition) is 1. The standard InChI is InChI=1S/C13H17N3O4/c1-2-20-12-4-3-10(9-11(12)16(18)19)13(17)15-7-5-14-6-8-15/h3-4,9,14H,2,5-8H2,1H3. The largest absolute Gasteiger partial charge is 0.487 e. The fraction of sp³-hybridized carbons (Fsp3) is 0.462. The molecule has 0 unspecified atom stereocenters. The van der Waals surface area contributed by atoms with Crippen LogP contribution >= 0.6 is 0 Å². The average Bonchev–Trinajstić information content (AvgIpc) is 2.48. The van der Waals surface area contributed by atoms with Gasteiger partial charge in [0.1, 0.15) is 0 Å². The first-order valence-corrected chi connectivity index (χ1v) is 6.54. The van der Waals surface area contributed by atoms with Crippen LogP contribution in [0.1, 0.15) is 17.3 Å². The molecule has 20 heavy (non-hydrogen) atoms. The van der Waals surface area contributed by atoms with Gasteiger partial charge in [0.15, 0.2) is 5.75 Å². The summed E-state index contributed by atoms with van der Waals surface area (Å²) in [5.74, 6) is 0.00649. The number of nitrogens with zero attached hydrogens (tertiary/aromatic N) is 2. The molecule has 0 bridgehead atoms. The Balaban J connectivity index is 2.25. The number of amides is 1. The molecule has 0 aliphatic carbocycles. The van der Waals surface area contributed by atoms with Crippen molar-refractivity contribution in [2.45, 2.75) is 6.92 Å². The Morgan fingerprint density at radius 1 is 1.45 bits per heavy atom. The van der Waals surface area contributed by atoms with Gasteiger partial charge < -0.3 is 15.0 Å². The lowest BCUT2D eigenvalue weighted by atomic mass is 10.1. The monoisotopic (exact) mass is 279 g/mol. The molecule has 0 atom stereocenters. The van der Waals surface area contributed by atoms with Gasteiger partial charge in [0.05, 0.1) is 11.5 Å². The van der Waals surface area contributed by atoms with E-state index >= 15 is 0 Å². The molecule has 7 heteroatoms. The van der Waals surface area contributed by atoms with Crippen molar-refractivity contribution in [3.63, 3.8) is 0 Å². The van der Waals surface area contributed by atoms with Gasteiger partial charge >= 0.3 is 5.69 Å². The summed E-state index contributed by atoms with van der Waals surface area (Å²) < 4.78 is 5.20. The molecule has 2 rings (SSSR count). The molecule has 1 aliphatic heterocycles. The van der Waals surface area contributed by atoms with Crippen molar-refractivity contribution in [3.8, 4) is 5.75 Å². The second-order valence-corrected chi connectivity index (χ2v) is 4.41. The van der Waals surface area contributed by atoms with Crippen LogP contribution in [0.3, 0.4) is 0 Å². The smallest absolute Gasteiger partial charge is 0.311 e. The lowest BCUT2D eigenvalue weighted by Gasteiger charge is -2.27. The molecule has 7 nitrogen and oxygen atoms in total. The number of hydrogen-bond acceptors (Lipinski definition) is 5. The van der Waals surface area contributed by atoms with E-state index < -0.39 is 4.92 Å². The molecule has 0 radical (unpaired) electrons. The predicted molar refractivity (Wildman–Crippen MR) is 73.0 cm³/mol. The number of nitro benzene ring substituents is 1. The van der Waals surface area contributed by atoms with E-state index in [2.05, 4.69) is 5.32 Å². The highest BCUT2D eigenvalue weighted by Gasteiger charge is 2.22. The molecule has 1 N–H and O–H groups in total. The van der Waals surface area contributed by atoms with E-state index in [-0.39, 0.29) is 17.3 Å². The summed E-state index contributed by atoms with van der Waals surface area (Å²) in [6.07, 6.45) is 0. The quantitative estimate of drug-likeness (QED) is 0.657. The number of carbonyl (C=O) groups excluding carboxylic acids is 1. The molecule has 0 aromatic heterocycles. The molecule has 1 saturated heterocycles. The zero-order chi connectivity index (χ0) is 14.5. The van der Waals surface area contributed by atoms with Crippen molar-refractivity contribution in [1.82, 2.24) is 10.2 Å². The van der Waals surface area contributed by atoms with Crippen LogP contribution in [0.15, 0.2) is 18.2 Å². The molecule has 0 spiro atoms. The van der Waals surface area contributed by atoms with Gasteiger partial charge in [-0.25, -0.2) is 0 Å². The van der Waals surface area contributed by atoms with Crippen LogP contribution < -0.4 is 10.1 Å². The van der Waals surface area contributed by atoms with Crippen molar-refractivity contribution in [3.05, 3.63) is 33.9 Å². The Bertz CT molecular complexity index is 512. The molecule has 1 aliphatic rings. The predicted octanol–water partition coefficient (Wildman–Crippen LogP) is 1.04. The minimum Gasteiger partial charge on any atom is -0.487 e. The summed E-state index contributed by atoms with van der Waals surface area (Å²) in [4.78, 5) is 24.5. The van der Waals surface area contributed by atoms with Crippen LogP contribution in [0.2, 0.25) is 0 Å². The summed E-state index contributed by atoms with van der Waals surface area (Å²) in [6.45, 7) is 4.80. The van der Waals surface area contributed by atoms with Gasteiger partial charge in [0.2, 0.25) is 0 Å². The molecule has 108 valence electrons. The average molecular weight is 279 g/mol. The Morgan fingerprint density at radius 2 is 2.15 bits per heavy atom. The van der Waals surface area contributed by atoms with Crippen LogP contribution in [0.5, 0.6) is 5.75 Å². The van der Waals surface area contributed by atoms with Crippen LogP contribution in [0.25, 0.3) is 0 Å². The van der Waals surface area contributed by atoms with Crippen molar-refractivity contribution in [2.75, 3.05) is 32.8 Å². The highest BCUT2D eigenvalue weighted by Crippen LogP contribution is 2.28. The first-order valence-electron chi connectivity index (χ1n) is 6.54. The van der Waals surface area contributed by atoms with Crippen LogP contribution in [0.4, 0.5) is 5.69 Å². The lowest BCUT2D eigenvalue weighted by molar-refractivity contribution is -0.385. The second kappa shape index (κ2) is 6.33. The molecular weight excluding hydrogens is 262 g/mol. The number of nitro groups is 1. The van der Waals surface area contributed by atoms with Crippen molar-refractivity contribution >= 4 is 11.6 Å². The highest BCUT2D eigenvalue weighted by molar-refractivity contribution is 5.95. The summed E-state index contributed by atoms with van der Waals surface area (Å²) in [5, 5.41) is 14.2. The van der Waals surface area contributed by atoms with Gasteiger partial charge in [-0.05, 0) is 19.1 Å². The van der Waals surface area contributed by atoms with E-state index in [0.29, 0.717) is 25.3 Å². The maximum atomic E-state index is 12.3. The Morgan fingerprint density at radius 3 is 2.75 bits per heavy atom. The zero-order valence-corrected chi connectivity index (χ0v) is 11.3. The summed E-state index contributed by atoms with van der Waals surface area (Å²) >= 11 is 0. The number of rotatable bonds is 4. The van der Waals surface area contributed by atoms with E-state index in [4.69, 9.17) is 4.74 Å². The maximum Gasteiger partial charge on any atom is 0.311 e. The van der Waals surface area contributed by atoms with Gasteiger partial charge in [0, 0.05) is 37.8 Å². The number of carbonyl (C=O) groups is 1. The fourth-order valence-electron chi connectivity index (χ4n) is 2.12. The molecular formula is C13H17N3O4. The zero-order valence-electron chi connectivity index (χ0n) is 11.3. The number of nitrogens with one attached hydrogen (secondary N) is 1. The Kier molecular flexibility index (Phi) is 4.52. The third-order valence-electron chi connectivity index (χ3n) is 3.11. The third-order valence-corrected chi connectivity index (χ3v) is 3.11. The minimum absolute atomic E-state index is 0.173. The minimum atomic E-state index is -0.528. The van der Waals surface area contributed by atoms with Crippen LogP contribution in [-0.4, -0.2) is 48.5 Å². The van der Waals surface area contributed by atoms with Gasteiger partial charge in [0.25, 0.3) is 5.91 Å². The Labute approximate surface area is 116 Å². The van der Waals surface area contributed by atoms with Crippen LogP contribution in [0, 0.1) is 10.1 Å². The third kappa shape index (κ3) is 3.05. The van der Waals surface area contributed by atoms with Gasteiger partial charge in [-0.1, -0.05) is 0 Å². The molecule has 0 saturated carbocycles. The van der Waals surface area contributed by atoms with Crippen molar-refractivity contribution < 1.29 is 14.5 Å². The first-order chi connectivity index (χ1) is 9.63. The molecule has 1 amide bonds. The summed E-state index contributed by atoms with van der Waals surface area (Å²) in [5.41, 5.74) is 0.148. The lowest BCUT2D eigenvalue weighted by Crippen LogP contribution is -2.46. The molecule has 1 fully saturated rings. The second-order valence-electron chi connectivity index (χ2n) is 4.41. The topological polar surface area (TPSA) is 84.7 Å². The number of piperazine rings is 1. The van der Waals surface area contributed by atoms with E-state index in [1.165, 1.54) is 12.1 Å². The van der Waals surface area contributed by atoms with Gasteiger partial charge in [-0.2, -0.15) is 0 Å². The van der Waals surface area contributed by atoms with Crippen LogP contribution in [-0.2, 0) is 0 Å². The SMILES string of the molecule is CCOc1ccc(C(=O)N2CCNCC2)cc1[N+](=O)[O-]. The molecule has 1 aromatic carbocycles. The van der Waals surface area contributed by atoms with E-state index in [1.54, 1.807) is 17.9 Å². The van der Waals surface area contributed by atoms with Gasteiger partial charge in [-0.15, -0.1) is 0 Å². The van der Waals surface area contributed by atoms with E-state index in [9.17, 15) is 14.9 Å². The maximum absolute atomic E-state index is 12.3. The fourth-order valence-corrected chi connectivity index (χ4v) is 2.12. The number of benzene rings is 1. The molecule has 1 aromatic rings. The molecule has 1 heterocycles. The number of ether oxygens (including phenoxy) is 1. The van der Waals surface area contributed by atoms with Crippen molar-refractivity contribution in [1.29, 1.82) is 0 Å². The van der Waals surface area contributed by atoms with Gasteiger partial charge in [-0.3, -0.25) is 14.9 Å². The van der Waals surface area contributed by atoms with E-state index in [1.807, 2.05) is 0 Å². The highest BCUT2D eigenvalue weighted by atomic mass is 16.6. The van der Waals surface area contributed by atoms with E-state index in [0.717, 1.165) is 13.1 Å². The normalized spacial score (nSPS) is 14.9. The first kappa shape index (κ1) is 14.3. The van der Waals surface area contributed by atoms with Crippen molar-refractivity contribution in [2.24, 2.45) is 0 Å². The summed E-state index contributed by atoms with van der Waals surface area (Å²) in [6, 6.07) is 4.34. The summed E-state index contributed by atoms with van der Waals surface area (Å²) in [7, 11) is 0.